The zero-order chi connectivity index (χ0) is 29.1. The molecule has 3 fully saturated rings. The SMILES string of the molecule is C=CCCCOC(=O)[C@H]1[C@H]2C(=O)N([C@@H](CO)[C@@H](C)CC)C(C(=O)N(CC=C)Cc3ccccc3)C23CC[C@]1(C)S3. The minimum absolute atomic E-state index is 0.0245. The van der Waals surface area contributed by atoms with Crippen molar-refractivity contribution in [3.8, 4) is 0 Å². The van der Waals surface area contributed by atoms with Crippen LogP contribution < -0.4 is 0 Å². The number of hydrogen-bond acceptors (Lipinski definition) is 6. The van der Waals surface area contributed by atoms with Crippen molar-refractivity contribution >= 4 is 29.5 Å². The molecule has 4 rings (SSSR count). The maximum atomic E-state index is 14.6. The van der Waals surface area contributed by atoms with Crippen LogP contribution in [-0.4, -0.2) is 74.0 Å². The van der Waals surface area contributed by atoms with Crippen LogP contribution in [0, 0.1) is 17.8 Å². The van der Waals surface area contributed by atoms with Gasteiger partial charge >= 0.3 is 5.97 Å². The van der Waals surface area contributed by atoms with Crippen molar-refractivity contribution in [2.75, 3.05) is 19.8 Å². The van der Waals surface area contributed by atoms with Gasteiger partial charge in [-0.05, 0) is 44.1 Å². The molecule has 7 atom stereocenters. The lowest BCUT2D eigenvalue weighted by molar-refractivity contribution is -0.156. The number of nitrogens with zero attached hydrogens (tertiary/aromatic N) is 2. The average molecular weight is 569 g/mol. The zero-order valence-electron chi connectivity index (χ0n) is 24.1. The Morgan fingerprint density at radius 1 is 1.25 bits per heavy atom. The summed E-state index contributed by atoms with van der Waals surface area (Å²) in [6, 6.07) is 8.47. The molecule has 3 aliphatic rings. The summed E-state index contributed by atoms with van der Waals surface area (Å²) in [6.45, 7) is 14.4. The van der Waals surface area contributed by atoms with E-state index in [1.807, 2.05) is 51.1 Å². The monoisotopic (exact) mass is 568 g/mol. The Hall–Kier alpha value is -2.58. The van der Waals surface area contributed by atoms with Crippen LogP contribution >= 0.6 is 11.8 Å². The molecule has 2 amide bonds. The van der Waals surface area contributed by atoms with E-state index >= 15 is 0 Å². The summed E-state index contributed by atoms with van der Waals surface area (Å²) >= 11 is 1.63. The minimum atomic E-state index is -0.787. The van der Waals surface area contributed by atoms with E-state index in [0.717, 1.165) is 24.8 Å². The minimum Gasteiger partial charge on any atom is -0.465 e. The van der Waals surface area contributed by atoms with Crippen molar-refractivity contribution in [3.05, 3.63) is 61.2 Å². The van der Waals surface area contributed by atoms with E-state index in [2.05, 4.69) is 13.2 Å². The Bertz CT molecular complexity index is 1110. The molecule has 1 aromatic carbocycles. The van der Waals surface area contributed by atoms with Crippen LogP contribution in [-0.2, 0) is 25.7 Å². The number of thioether (sulfide) groups is 1. The van der Waals surface area contributed by atoms with Crippen LogP contribution in [0.25, 0.3) is 0 Å². The smallest absolute Gasteiger partial charge is 0.311 e. The van der Waals surface area contributed by atoms with E-state index in [1.54, 1.807) is 33.7 Å². The normalized spacial score (nSPS) is 30.1. The van der Waals surface area contributed by atoms with Gasteiger partial charge in [0, 0.05) is 17.8 Å². The van der Waals surface area contributed by atoms with E-state index < -0.39 is 33.4 Å². The maximum Gasteiger partial charge on any atom is 0.311 e. The van der Waals surface area contributed by atoms with Crippen molar-refractivity contribution in [2.24, 2.45) is 17.8 Å². The molecule has 218 valence electrons. The molecule has 1 aromatic rings. The highest BCUT2D eigenvalue weighted by Gasteiger charge is 2.78. The number of unbranched alkanes of at least 4 members (excludes halogenated alkanes) is 1. The molecule has 7 nitrogen and oxygen atoms in total. The first-order chi connectivity index (χ1) is 19.2. The number of carbonyl (C=O) groups excluding carboxylic acids is 3. The highest BCUT2D eigenvalue weighted by molar-refractivity contribution is 8.02. The number of fused-ring (bicyclic) bond motifs is 1. The first kappa shape index (κ1) is 30.4. The summed E-state index contributed by atoms with van der Waals surface area (Å²) in [7, 11) is 0. The van der Waals surface area contributed by atoms with Crippen LogP contribution in [0.1, 0.15) is 58.4 Å². The number of amides is 2. The highest BCUT2D eigenvalue weighted by atomic mass is 32.2. The average Bonchev–Trinajstić information content (AvgIpc) is 3.52. The van der Waals surface area contributed by atoms with Gasteiger partial charge in [0.25, 0.3) is 0 Å². The quantitative estimate of drug-likeness (QED) is 0.201. The molecule has 1 spiro atoms. The number of likely N-dealkylation sites (tertiary alicyclic amines) is 1. The van der Waals surface area contributed by atoms with Gasteiger partial charge in [-0.2, -0.15) is 0 Å². The van der Waals surface area contributed by atoms with Crippen molar-refractivity contribution in [3.63, 3.8) is 0 Å². The number of aliphatic hydroxyl groups is 1. The predicted molar refractivity (Wildman–Crippen MR) is 158 cm³/mol. The van der Waals surface area contributed by atoms with Crippen LogP contribution in [0.4, 0.5) is 0 Å². The fraction of sp³-hybridized carbons (Fsp3) is 0.594. The van der Waals surface area contributed by atoms with Gasteiger partial charge in [-0.1, -0.05) is 62.8 Å². The Morgan fingerprint density at radius 3 is 2.60 bits per heavy atom. The second-order valence-corrected chi connectivity index (χ2v) is 13.6. The Kier molecular flexibility index (Phi) is 9.51. The van der Waals surface area contributed by atoms with E-state index in [1.165, 1.54) is 0 Å². The molecule has 3 heterocycles. The topological polar surface area (TPSA) is 87.1 Å². The van der Waals surface area contributed by atoms with Crippen LogP contribution in [0.15, 0.2) is 55.6 Å². The molecule has 3 saturated heterocycles. The van der Waals surface area contributed by atoms with E-state index in [-0.39, 0.29) is 36.9 Å². The Morgan fingerprint density at radius 2 is 1.98 bits per heavy atom. The molecule has 2 bridgehead atoms. The second kappa shape index (κ2) is 12.5. The summed E-state index contributed by atoms with van der Waals surface area (Å²) in [4.78, 5) is 46.1. The third-order valence-corrected chi connectivity index (χ3v) is 11.2. The predicted octanol–water partition coefficient (Wildman–Crippen LogP) is 4.60. The molecule has 3 aliphatic heterocycles. The first-order valence-corrected chi connectivity index (χ1v) is 15.3. The third kappa shape index (κ3) is 5.25. The highest BCUT2D eigenvalue weighted by Crippen LogP contribution is 2.72. The summed E-state index contributed by atoms with van der Waals surface area (Å²) in [6.07, 6.45) is 7.05. The molecule has 2 unspecified atom stereocenters. The largest absolute Gasteiger partial charge is 0.465 e. The Labute approximate surface area is 243 Å². The molecule has 40 heavy (non-hydrogen) atoms. The first-order valence-electron chi connectivity index (χ1n) is 14.5. The molecule has 0 saturated carbocycles. The summed E-state index contributed by atoms with van der Waals surface area (Å²) < 4.78 is 4.47. The van der Waals surface area contributed by atoms with Gasteiger partial charge in [0.05, 0.1) is 35.8 Å². The van der Waals surface area contributed by atoms with Gasteiger partial charge < -0.3 is 19.6 Å². The van der Waals surface area contributed by atoms with Gasteiger partial charge in [0.2, 0.25) is 11.8 Å². The van der Waals surface area contributed by atoms with E-state index in [4.69, 9.17) is 4.74 Å². The van der Waals surface area contributed by atoms with Gasteiger partial charge in [-0.15, -0.1) is 24.9 Å². The summed E-state index contributed by atoms with van der Waals surface area (Å²) in [5.41, 5.74) is 0.986. The van der Waals surface area contributed by atoms with Gasteiger partial charge in [0.15, 0.2) is 0 Å². The molecular weight excluding hydrogens is 524 g/mol. The van der Waals surface area contributed by atoms with E-state index in [0.29, 0.717) is 25.9 Å². The number of carbonyl (C=O) groups is 3. The number of benzene rings is 1. The number of rotatable bonds is 14. The third-order valence-electron chi connectivity index (χ3n) is 9.22. The molecule has 8 heteroatoms. The fourth-order valence-corrected chi connectivity index (χ4v) is 9.35. The second-order valence-electron chi connectivity index (χ2n) is 11.7. The van der Waals surface area contributed by atoms with Gasteiger partial charge in [-0.25, -0.2) is 0 Å². The number of aliphatic hydroxyl groups excluding tert-OH is 1. The molecule has 0 radical (unpaired) electrons. The standard InChI is InChI=1S/C32H44N2O5S/c1-6-9-13-19-39-30(38)26-25-28(36)34(24(21-35)22(4)8-3)27(32(25)17-16-31(26,5)40-32)29(37)33(18-7-2)20-23-14-11-10-12-15-23/h6-7,10-12,14-15,22,24-27,35H,1-2,8-9,13,16-21H2,3-5H3/t22-,24-,25-,26+,27?,31-,32?/m0/s1. The van der Waals surface area contributed by atoms with Crippen molar-refractivity contribution in [1.82, 2.24) is 9.80 Å². The maximum absolute atomic E-state index is 14.6. The lowest BCUT2D eigenvalue weighted by Gasteiger charge is -2.41. The summed E-state index contributed by atoms with van der Waals surface area (Å²) in [5, 5.41) is 10.6. The number of allylic oxidation sites excluding steroid dienone is 1. The lowest BCUT2D eigenvalue weighted by atomic mass is 9.66. The van der Waals surface area contributed by atoms with E-state index in [9.17, 15) is 19.5 Å². The fourth-order valence-electron chi connectivity index (χ4n) is 7.03. The zero-order valence-corrected chi connectivity index (χ0v) is 24.9. The molecule has 0 aliphatic carbocycles. The Balaban J connectivity index is 1.76. The van der Waals surface area contributed by atoms with Gasteiger partial charge in [-0.3, -0.25) is 14.4 Å². The number of hydrogen-bond donors (Lipinski definition) is 1. The van der Waals surface area contributed by atoms with Crippen LogP contribution in [0.5, 0.6) is 0 Å². The van der Waals surface area contributed by atoms with Crippen molar-refractivity contribution in [2.45, 2.75) is 81.0 Å². The summed E-state index contributed by atoms with van der Waals surface area (Å²) in [5.74, 6) is -2.05. The number of esters is 1. The molecule has 0 aromatic heterocycles. The van der Waals surface area contributed by atoms with Crippen LogP contribution in [0.2, 0.25) is 0 Å². The van der Waals surface area contributed by atoms with Gasteiger partial charge in [0.1, 0.15) is 6.04 Å². The molecule has 1 N–H and O–H groups in total. The van der Waals surface area contributed by atoms with Crippen LogP contribution in [0.3, 0.4) is 0 Å². The number of ether oxygens (including phenoxy) is 1. The lowest BCUT2D eigenvalue weighted by Crippen LogP contribution is -2.58. The van der Waals surface area contributed by atoms with Crippen molar-refractivity contribution in [1.29, 1.82) is 0 Å². The molecular formula is C32H44N2O5S. The van der Waals surface area contributed by atoms with Crippen molar-refractivity contribution < 1.29 is 24.2 Å².